The molecule has 0 bridgehead atoms. The third-order valence-corrected chi connectivity index (χ3v) is 8.08. The van der Waals surface area contributed by atoms with E-state index < -0.39 is 0 Å². The quantitative estimate of drug-likeness (QED) is 0.295. The van der Waals surface area contributed by atoms with Crippen LogP contribution in [0.4, 0.5) is 5.13 Å². The van der Waals surface area contributed by atoms with Gasteiger partial charge >= 0.3 is 0 Å². The van der Waals surface area contributed by atoms with Crippen LogP contribution in [-0.2, 0) is 12.2 Å². The number of ether oxygens (including phenoxy) is 2. The van der Waals surface area contributed by atoms with E-state index >= 15 is 0 Å². The van der Waals surface area contributed by atoms with Gasteiger partial charge in [-0.25, -0.2) is 4.98 Å². The summed E-state index contributed by atoms with van der Waals surface area (Å²) in [7, 11) is 3.27. The highest BCUT2D eigenvalue weighted by atomic mass is 32.2. The molecule has 156 valence electrons. The third-order valence-electron chi connectivity index (χ3n) is 4.16. The molecule has 0 saturated heterocycles. The summed E-state index contributed by atoms with van der Waals surface area (Å²) in [5.41, 5.74) is 2.04. The second-order valence-corrected chi connectivity index (χ2v) is 10.2. The normalized spacial score (nSPS) is 10.9. The van der Waals surface area contributed by atoms with Gasteiger partial charge in [-0.1, -0.05) is 29.2 Å². The third kappa shape index (κ3) is 5.31. The van der Waals surface area contributed by atoms with Crippen LogP contribution in [0.1, 0.15) is 10.6 Å². The number of thiazole rings is 1. The molecule has 0 aliphatic rings. The topological polar surface area (TPSA) is 69.2 Å². The van der Waals surface area contributed by atoms with Gasteiger partial charge in [0.05, 0.1) is 19.9 Å². The van der Waals surface area contributed by atoms with Crippen LogP contribution in [0.25, 0.3) is 10.6 Å². The standard InChI is InChI=1S/C20H20N4O2S4/c1-25-16-6-5-13(10-17(16)26-2)18-22-14(11-28-18)12-29-20-24-23-19(30-20)21-8-7-15-4-3-9-27-15/h3-6,9-11H,7-8,12H2,1-2H3,(H,21,23). The van der Waals surface area contributed by atoms with Crippen molar-refractivity contribution >= 4 is 50.9 Å². The lowest BCUT2D eigenvalue weighted by Gasteiger charge is -2.08. The summed E-state index contributed by atoms with van der Waals surface area (Å²) in [6.07, 6.45) is 0.997. The highest BCUT2D eigenvalue weighted by Crippen LogP contribution is 2.35. The van der Waals surface area contributed by atoms with Crippen molar-refractivity contribution in [1.82, 2.24) is 15.2 Å². The Hall–Kier alpha value is -2.14. The van der Waals surface area contributed by atoms with Gasteiger partial charge in [-0.3, -0.25) is 0 Å². The first-order chi connectivity index (χ1) is 14.7. The number of rotatable bonds is 10. The van der Waals surface area contributed by atoms with Crippen molar-refractivity contribution in [3.63, 3.8) is 0 Å². The maximum Gasteiger partial charge on any atom is 0.206 e. The van der Waals surface area contributed by atoms with E-state index in [1.807, 2.05) is 18.2 Å². The minimum Gasteiger partial charge on any atom is -0.493 e. The van der Waals surface area contributed by atoms with Gasteiger partial charge in [0.2, 0.25) is 5.13 Å². The number of hydrogen-bond donors (Lipinski definition) is 1. The summed E-state index contributed by atoms with van der Waals surface area (Å²) in [6.45, 7) is 0.862. The molecule has 0 aliphatic heterocycles. The monoisotopic (exact) mass is 476 g/mol. The van der Waals surface area contributed by atoms with Crippen molar-refractivity contribution < 1.29 is 9.47 Å². The maximum atomic E-state index is 5.39. The van der Waals surface area contributed by atoms with Crippen LogP contribution in [0, 0.1) is 0 Å². The Morgan fingerprint density at radius 1 is 1.07 bits per heavy atom. The van der Waals surface area contributed by atoms with Crippen molar-refractivity contribution in [2.45, 2.75) is 16.5 Å². The highest BCUT2D eigenvalue weighted by Gasteiger charge is 2.11. The first-order valence-corrected chi connectivity index (χ1v) is 12.7. The molecule has 4 rings (SSSR count). The van der Waals surface area contributed by atoms with Gasteiger partial charge in [0.1, 0.15) is 5.01 Å². The molecule has 4 aromatic rings. The fraction of sp³-hybridized carbons (Fsp3) is 0.250. The lowest BCUT2D eigenvalue weighted by Crippen LogP contribution is -2.03. The molecule has 0 amide bonds. The molecule has 0 atom stereocenters. The highest BCUT2D eigenvalue weighted by molar-refractivity contribution is 8.00. The number of hydrogen-bond acceptors (Lipinski definition) is 10. The van der Waals surface area contributed by atoms with Crippen LogP contribution >= 0.6 is 45.8 Å². The van der Waals surface area contributed by atoms with Crippen molar-refractivity contribution in [1.29, 1.82) is 0 Å². The summed E-state index contributed by atoms with van der Waals surface area (Å²) < 4.78 is 11.6. The average molecular weight is 477 g/mol. The van der Waals surface area contributed by atoms with Gasteiger partial charge in [0, 0.05) is 28.1 Å². The Balaban J connectivity index is 1.31. The van der Waals surface area contributed by atoms with Gasteiger partial charge in [-0.15, -0.1) is 32.9 Å². The number of anilines is 1. The lowest BCUT2D eigenvalue weighted by molar-refractivity contribution is 0.355. The first kappa shape index (κ1) is 21.1. The maximum absolute atomic E-state index is 5.39. The zero-order chi connectivity index (χ0) is 20.8. The minimum atomic E-state index is 0.703. The Bertz CT molecular complexity index is 1080. The Labute approximate surface area is 191 Å². The molecule has 0 saturated carbocycles. The summed E-state index contributed by atoms with van der Waals surface area (Å²) in [4.78, 5) is 6.13. The molecule has 0 fully saturated rings. The molecular formula is C20H20N4O2S4. The van der Waals surface area contributed by atoms with Crippen LogP contribution in [0.5, 0.6) is 11.5 Å². The Morgan fingerprint density at radius 2 is 1.97 bits per heavy atom. The van der Waals surface area contributed by atoms with E-state index in [0.717, 1.165) is 44.5 Å². The molecule has 0 unspecified atom stereocenters. The summed E-state index contributed by atoms with van der Waals surface area (Å²) in [6, 6.07) is 10.1. The van der Waals surface area contributed by atoms with Gasteiger partial charge in [-0.05, 0) is 36.1 Å². The smallest absolute Gasteiger partial charge is 0.206 e. The molecule has 1 aromatic carbocycles. The van der Waals surface area contributed by atoms with Crippen LogP contribution in [0.2, 0.25) is 0 Å². The van der Waals surface area contributed by atoms with Gasteiger partial charge < -0.3 is 14.8 Å². The van der Waals surface area contributed by atoms with E-state index in [-0.39, 0.29) is 0 Å². The second-order valence-electron chi connectivity index (χ2n) is 6.13. The SMILES string of the molecule is COc1ccc(-c2nc(CSc3nnc(NCCc4cccs4)s3)cs2)cc1OC. The van der Waals surface area contributed by atoms with Crippen LogP contribution in [0.15, 0.2) is 45.4 Å². The van der Waals surface area contributed by atoms with Crippen molar-refractivity contribution in [2.75, 3.05) is 26.1 Å². The van der Waals surface area contributed by atoms with Gasteiger partial charge in [-0.2, -0.15) is 0 Å². The largest absolute Gasteiger partial charge is 0.493 e. The molecule has 0 spiro atoms. The molecule has 0 aliphatic carbocycles. The van der Waals surface area contributed by atoms with Crippen LogP contribution < -0.4 is 14.8 Å². The summed E-state index contributed by atoms with van der Waals surface area (Å²) in [5, 5.41) is 17.9. The predicted octanol–water partition coefficient (Wildman–Crippen LogP) is 5.69. The first-order valence-electron chi connectivity index (χ1n) is 9.14. The van der Waals surface area contributed by atoms with Crippen molar-refractivity contribution in [3.05, 3.63) is 51.7 Å². The fourth-order valence-corrected chi connectivity index (χ4v) is 6.00. The number of aromatic nitrogens is 3. The van der Waals surface area contributed by atoms with E-state index in [0.29, 0.717) is 11.5 Å². The lowest BCUT2D eigenvalue weighted by atomic mass is 10.2. The molecular weight excluding hydrogens is 457 g/mol. The second kappa shape index (κ2) is 10.3. The average Bonchev–Trinajstić information content (AvgIpc) is 3.54. The van der Waals surface area contributed by atoms with Crippen LogP contribution in [-0.4, -0.2) is 35.9 Å². The van der Waals surface area contributed by atoms with Crippen molar-refractivity contribution in [2.24, 2.45) is 0 Å². The molecule has 10 heteroatoms. The Kier molecular flexibility index (Phi) is 7.21. The predicted molar refractivity (Wildman–Crippen MR) is 127 cm³/mol. The number of methoxy groups -OCH3 is 2. The zero-order valence-corrected chi connectivity index (χ0v) is 19.7. The van der Waals surface area contributed by atoms with Crippen LogP contribution in [0.3, 0.4) is 0 Å². The molecule has 3 heterocycles. The van der Waals surface area contributed by atoms with Gasteiger partial charge in [0.25, 0.3) is 0 Å². The van der Waals surface area contributed by atoms with E-state index in [2.05, 4.69) is 38.4 Å². The fourth-order valence-electron chi connectivity index (χ4n) is 2.70. The number of benzene rings is 1. The zero-order valence-electron chi connectivity index (χ0n) is 16.5. The molecule has 1 N–H and O–H groups in total. The minimum absolute atomic E-state index is 0.703. The molecule has 3 aromatic heterocycles. The molecule has 6 nitrogen and oxygen atoms in total. The number of thiophene rings is 1. The number of thioether (sulfide) groups is 1. The van der Waals surface area contributed by atoms with E-state index in [1.165, 1.54) is 4.88 Å². The Morgan fingerprint density at radius 3 is 2.77 bits per heavy atom. The molecule has 0 radical (unpaired) electrons. The summed E-state index contributed by atoms with van der Waals surface area (Å²) in [5.74, 6) is 2.17. The van der Waals surface area contributed by atoms with E-state index in [4.69, 9.17) is 14.5 Å². The molecule has 30 heavy (non-hydrogen) atoms. The van der Waals surface area contributed by atoms with Crippen molar-refractivity contribution in [3.8, 4) is 22.1 Å². The number of nitrogens with one attached hydrogen (secondary N) is 1. The van der Waals surface area contributed by atoms with E-state index in [1.54, 1.807) is 60.0 Å². The van der Waals surface area contributed by atoms with Gasteiger partial charge in [0.15, 0.2) is 15.8 Å². The number of nitrogens with zero attached hydrogens (tertiary/aromatic N) is 3. The summed E-state index contributed by atoms with van der Waals surface area (Å²) >= 11 is 6.63. The van der Waals surface area contributed by atoms with E-state index in [9.17, 15) is 0 Å².